The van der Waals surface area contributed by atoms with Crippen LogP contribution in [0.1, 0.15) is 16.1 Å². The quantitative estimate of drug-likeness (QED) is 0.644. The van der Waals surface area contributed by atoms with E-state index in [0.29, 0.717) is 5.69 Å². The maximum absolute atomic E-state index is 11.7. The topological polar surface area (TPSA) is 42.1 Å². The van der Waals surface area contributed by atoms with Gasteiger partial charge in [0, 0.05) is 6.20 Å². The molecule has 0 saturated carbocycles. The molecule has 0 radical (unpaired) electrons. The van der Waals surface area contributed by atoms with Crippen LogP contribution in [0.25, 0.3) is 6.08 Å². The van der Waals surface area contributed by atoms with E-state index in [1.54, 1.807) is 37.6 Å². The second-order valence-corrected chi connectivity index (χ2v) is 3.56. The van der Waals surface area contributed by atoms with Crippen LogP contribution in [-0.2, 0) is 0 Å². The Morgan fingerprint density at radius 1 is 1.29 bits per heavy atom. The van der Waals surface area contributed by atoms with Crippen molar-refractivity contribution in [3.63, 3.8) is 0 Å². The highest BCUT2D eigenvalue weighted by Crippen LogP contribution is 2.13. The Morgan fingerprint density at radius 2 is 2.18 bits per heavy atom. The van der Waals surface area contributed by atoms with Gasteiger partial charge >= 0.3 is 0 Å². The van der Waals surface area contributed by atoms with Gasteiger partial charge in [0.05, 0.1) is 12.8 Å². The first kappa shape index (κ1) is 11.2. The molecular weight excluding hydrogens is 214 g/mol. The van der Waals surface area contributed by atoms with Gasteiger partial charge in [0.1, 0.15) is 5.75 Å². The molecular formula is C14H13NO2. The van der Waals surface area contributed by atoms with E-state index in [1.165, 1.54) is 0 Å². The van der Waals surface area contributed by atoms with E-state index in [0.717, 1.165) is 11.3 Å². The highest BCUT2D eigenvalue weighted by molar-refractivity contribution is 6.05. The van der Waals surface area contributed by atoms with Crippen LogP contribution < -0.4 is 4.74 Å². The van der Waals surface area contributed by atoms with Gasteiger partial charge in [-0.15, -0.1) is 0 Å². The van der Waals surface area contributed by atoms with E-state index >= 15 is 0 Å². The van der Waals surface area contributed by atoms with E-state index in [1.807, 2.05) is 24.3 Å². The molecule has 3 nitrogen and oxygen atoms in total. The number of aromatic amines is 1. The van der Waals surface area contributed by atoms with Crippen molar-refractivity contribution in [2.24, 2.45) is 0 Å². The smallest absolute Gasteiger partial charge is 0.201 e. The Balaban J connectivity index is 2.12. The highest BCUT2D eigenvalue weighted by atomic mass is 16.5. The molecule has 0 spiro atoms. The van der Waals surface area contributed by atoms with Crippen molar-refractivity contribution in [2.45, 2.75) is 0 Å². The number of benzene rings is 1. The van der Waals surface area contributed by atoms with Gasteiger partial charge in [-0.2, -0.15) is 0 Å². The Kier molecular flexibility index (Phi) is 3.40. The van der Waals surface area contributed by atoms with Gasteiger partial charge in [0.2, 0.25) is 5.78 Å². The molecule has 0 saturated heterocycles. The molecule has 0 fully saturated rings. The first-order valence-corrected chi connectivity index (χ1v) is 5.29. The summed E-state index contributed by atoms with van der Waals surface area (Å²) in [4.78, 5) is 14.6. The molecule has 1 aromatic heterocycles. The summed E-state index contributed by atoms with van der Waals surface area (Å²) in [7, 11) is 1.62. The third-order valence-electron chi connectivity index (χ3n) is 2.38. The maximum atomic E-state index is 11.7. The van der Waals surface area contributed by atoms with E-state index < -0.39 is 0 Å². The number of rotatable bonds is 4. The monoisotopic (exact) mass is 227 g/mol. The minimum atomic E-state index is -0.0437. The lowest BCUT2D eigenvalue weighted by molar-refractivity contribution is 0.104. The number of carbonyl (C=O) groups excluding carboxylic acids is 1. The van der Waals surface area contributed by atoms with Crippen LogP contribution in [0, 0.1) is 0 Å². The van der Waals surface area contributed by atoms with Crippen molar-refractivity contribution in [2.75, 3.05) is 7.11 Å². The minimum Gasteiger partial charge on any atom is -0.497 e. The van der Waals surface area contributed by atoms with Crippen LogP contribution in [0.4, 0.5) is 0 Å². The second-order valence-electron chi connectivity index (χ2n) is 3.56. The standard InChI is InChI=1S/C14H13NO2/c1-17-12-5-2-4-11(10-12)7-8-14(16)13-6-3-9-15-13/h2-10,15H,1H3/b8-7+. The number of ether oxygens (including phenoxy) is 1. The van der Waals surface area contributed by atoms with Gasteiger partial charge in [-0.05, 0) is 35.9 Å². The van der Waals surface area contributed by atoms with Crippen molar-refractivity contribution in [3.8, 4) is 5.75 Å². The molecule has 2 aromatic rings. The van der Waals surface area contributed by atoms with Crippen LogP contribution in [0.3, 0.4) is 0 Å². The second kappa shape index (κ2) is 5.16. The summed E-state index contributed by atoms with van der Waals surface area (Å²) in [6.45, 7) is 0. The number of hydrogen-bond donors (Lipinski definition) is 1. The van der Waals surface area contributed by atoms with Crippen LogP contribution in [0.15, 0.2) is 48.7 Å². The van der Waals surface area contributed by atoms with Crippen LogP contribution >= 0.6 is 0 Å². The summed E-state index contributed by atoms with van der Waals surface area (Å²) >= 11 is 0. The van der Waals surface area contributed by atoms with E-state index in [-0.39, 0.29) is 5.78 Å². The van der Waals surface area contributed by atoms with Crippen molar-refractivity contribution in [3.05, 3.63) is 59.9 Å². The predicted octanol–water partition coefficient (Wildman–Crippen LogP) is 2.92. The molecule has 1 aromatic carbocycles. The summed E-state index contributed by atoms with van der Waals surface area (Å²) in [5, 5.41) is 0. The normalized spacial score (nSPS) is 10.6. The fraction of sp³-hybridized carbons (Fsp3) is 0.0714. The first-order valence-electron chi connectivity index (χ1n) is 5.29. The van der Waals surface area contributed by atoms with Crippen molar-refractivity contribution in [1.29, 1.82) is 0 Å². The zero-order chi connectivity index (χ0) is 12.1. The fourth-order valence-electron chi connectivity index (χ4n) is 1.49. The Bertz CT molecular complexity index is 527. The lowest BCUT2D eigenvalue weighted by atomic mass is 10.1. The molecule has 0 aliphatic rings. The summed E-state index contributed by atoms with van der Waals surface area (Å²) in [6, 6.07) is 11.1. The van der Waals surface area contributed by atoms with Gasteiger partial charge < -0.3 is 9.72 Å². The van der Waals surface area contributed by atoms with Crippen molar-refractivity contribution < 1.29 is 9.53 Å². The average Bonchev–Trinajstić information content (AvgIpc) is 2.90. The van der Waals surface area contributed by atoms with E-state index in [2.05, 4.69) is 4.98 Å². The summed E-state index contributed by atoms with van der Waals surface area (Å²) < 4.78 is 5.11. The number of methoxy groups -OCH3 is 1. The number of ketones is 1. The van der Waals surface area contributed by atoms with Gasteiger partial charge in [-0.1, -0.05) is 18.2 Å². The largest absolute Gasteiger partial charge is 0.497 e. The molecule has 17 heavy (non-hydrogen) atoms. The van der Waals surface area contributed by atoms with Crippen molar-refractivity contribution in [1.82, 2.24) is 4.98 Å². The lowest BCUT2D eigenvalue weighted by Crippen LogP contribution is -1.93. The van der Waals surface area contributed by atoms with Gasteiger partial charge in [-0.25, -0.2) is 0 Å². The summed E-state index contributed by atoms with van der Waals surface area (Å²) in [5.74, 6) is 0.734. The van der Waals surface area contributed by atoms with Gasteiger partial charge in [-0.3, -0.25) is 4.79 Å². The third-order valence-corrected chi connectivity index (χ3v) is 2.38. The summed E-state index contributed by atoms with van der Waals surface area (Å²) in [6.07, 6.45) is 5.04. The predicted molar refractivity (Wildman–Crippen MR) is 67.2 cm³/mol. The molecule has 0 unspecified atom stereocenters. The molecule has 0 atom stereocenters. The molecule has 3 heteroatoms. The number of aromatic nitrogens is 1. The zero-order valence-electron chi connectivity index (χ0n) is 9.51. The lowest BCUT2D eigenvalue weighted by Gasteiger charge is -1.99. The molecule has 0 aliphatic heterocycles. The minimum absolute atomic E-state index is 0.0437. The van der Waals surface area contributed by atoms with Crippen LogP contribution in [0.5, 0.6) is 5.75 Å². The number of allylic oxidation sites excluding steroid dienone is 1. The van der Waals surface area contributed by atoms with E-state index in [9.17, 15) is 4.79 Å². The fourth-order valence-corrected chi connectivity index (χ4v) is 1.49. The van der Waals surface area contributed by atoms with E-state index in [4.69, 9.17) is 4.74 Å². The first-order chi connectivity index (χ1) is 8.29. The van der Waals surface area contributed by atoms with Gasteiger partial charge in [0.25, 0.3) is 0 Å². The molecule has 2 rings (SSSR count). The number of H-pyrrole nitrogens is 1. The maximum Gasteiger partial charge on any atom is 0.201 e. The molecule has 0 bridgehead atoms. The summed E-state index contributed by atoms with van der Waals surface area (Å²) in [5.41, 5.74) is 1.52. The zero-order valence-corrected chi connectivity index (χ0v) is 9.51. The molecule has 86 valence electrons. The third kappa shape index (κ3) is 2.84. The Morgan fingerprint density at radius 3 is 2.88 bits per heavy atom. The number of nitrogens with one attached hydrogen (secondary N) is 1. The van der Waals surface area contributed by atoms with Crippen molar-refractivity contribution >= 4 is 11.9 Å². The Labute approximate surface area is 99.7 Å². The highest BCUT2D eigenvalue weighted by Gasteiger charge is 2.00. The molecule has 0 aliphatic carbocycles. The molecule has 1 N–H and O–H groups in total. The Hall–Kier alpha value is -2.29. The van der Waals surface area contributed by atoms with Crippen LogP contribution in [0.2, 0.25) is 0 Å². The molecule has 0 amide bonds. The van der Waals surface area contributed by atoms with Crippen LogP contribution in [-0.4, -0.2) is 17.9 Å². The van der Waals surface area contributed by atoms with Gasteiger partial charge in [0.15, 0.2) is 0 Å². The molecule has 1 heterocycles. The average molecular weight is 227 g/mol. The number of hydrogen-bond acceptors (Lipinski definition) is 2. The number of carbonyl (C=O) groups is 1. The SMILES string of the molecule is COc1cccc(/C=C/C(=O)c2ccc[nH]2)c1.